The van der Waals surface area contributed by atoms with Crippen LogP contribution in [0.1, 0.15) is 47.5 Å². The molecule has 29 heavy (non-hydrogen) atoms. The van der Waals surface area contributed by atoms with E-state index in [9.17, 15) is 18.4 Å². The van der Waals surface area contributed by atoms with Crippen LogP contribution in [0.3, 0.4) is 0 Å². The minimum absolute atomic E-state index is 0.0332. The van der Waals surface area contributed by atoms with Crippen LogP contribution < -0.4 is 0 Å². The third-order valence-electron chi connectivity index (χ3n) is 5.15. The average molecular weight is 436 g/mol. The van der Waals surface area contributed by atoms with Crippen LogP contribution in [0.5, 0.6) is 0 Å². The summed E-state index contributed by atoms with van der Waals surface area (Å²) in [4.78, 5) is 25.1. The molecule has 0 aromatic heterocycles. The van der Waals surface area contributed by atoms with E-state index >= 15 is 0 Å². The van der Waals surface area contributed by atoms with Gasteiger partial charge in [-0.1, -0.05) is 0 Å². The van der Waals surface area contributed by atoms with Gasteiger partial charge in [-0.05, 0) is 34.6 Å². The van der Waals surface area contributed by atoms with Crippen molar-refractivity contribution in [1.82, 2.24) is 4.90 Å². The van der Waals surface area contributed by atoms with Crippen molar-refractivity contribution in [2.75, 3.05) is 19.4 Å². The van der Waals surface area contributed by atoms with Gasteiger partial charge in [0.2, 0.25) is 0 Å². The Labute approximate surface area is 174 Å². The maximum atomic E-state index is 12.6. The predicted molar refractivity (Wildman–Crippen MR) is 106 cm³/mol. The fourth-order valence-corrected chi connectivity index (χ4v) is 4.76. The van der Waals surface area contributed by atoms with E-state index in [0.29, 0.717) is 13.0 Å². The van der Waals surface area contributed by atoms with Crippen molar-refractivity contribution in [2.24, 2.45) is 5.92 Å². The van der Waals surface area contributed by atoms with Gasteiger partial charge in [-0.15, -0.1) is 0 Å². The number of hydrogen-bond donors (Lipinski definition) is 1. The maximum absolute atomic E-state index is 12.6. The van der Waals surface area contributed by atoms with Crippen LogP contribution in [-0.2, 0) is 34.8 Å². The van der Waals surface area contributed by atoms with E-state index in [4.69, 9.17) is 18.9 Å². The molecule has 2 rings (SSSR count). The Hall–Kier alpha value is -1.07. The minimum Gasteiger partial charge on any atom is -0.444 e. The second-order valence-electron chi connectivity index (χ2n) is 8.98. The molecule has 0 radical (unpaired) electrons. The smallest absolute Gasteiger partial charge is 0.412 e. The Balaban J connectivity index is 2.09. The quantitative estimate of drug-likeness (QED) is 0.477. The third-order valence-corrected chi connectivity index (χ3v) is 5.82. The maximum Gasteiger partial charge on any atom is 0.412 e. The highest BCUT2D eigenvalue weighted by Crippen LogP contribution is 2.37. The first kappa shape index (κ1) is 24.2. The van der Waals surface area contributed by atoms with Crippen LogP contribution in [0.15, 0.2) is 0 Å². The Morgan fingerprint density at radius 2 is 2.00 bits per heavy atom. The molecule has 2 aliphatic rings. The van der Waals surface area contributed by atoms with Gasteiger partial charge in [0, 0.05) is 25.9 Å². The van der Waals surface area contributed by atoms with Crippen LogP contribution in [0.4, 0.5) is 4.79 Å². The number of hydrogen-bond acceptors (Lipinski definition) is 7. The highest BCUT2D eigenvalue weighted by Gasteiger charge is 2.49. The summed E-state index contributed by atoms with van der Waals surface area (Å²) in [6, 6.07) is 0. The van der Waals surface area contributed by atoms with E-state index in [-0.39, 0.29) is 24.2 Å². The molecule has 0 aromatic rings. The zero-order valence-electron chi connectivity index (χ0n) is 18.0. The topological polar surface area (TPSA) is 112 Å². The van der Waals surface area contributed by atoms with Crippen molar-refractivity contribution >= 4 is 23.5 Å². The molecule has 0 aliphatic carbocycles. The molecule has 9 nitrogen and oxygen atoms in total. The molecule has 2 aliphatic heterocycles. The zero-order chi connectivity index (χ0) is 22.0. The standard InChI is InChI=1S/C19H33NO8S/c1-18(2,3)28-17(22)20-10-12(27-19(20,4)5)9-15-16(25-6)13(11-29(23)24)14(26-15)7-8-21/h8,12-16H,7,9-11H2,1-6H3,(H,23,24)/t12-,13-,14-,15+,16+/m0/s1. The monoisotopic (exact) mass is 435 g/mol. The Morgan fingerprint density at radius 1 is 1.34 bits per heavy atom. The van der Waals surface area contributed by atoms with Gasteiger partial charge in [-0.25, -0.2) is 9.00 Å². The zero-order valence-corrected chi connectivity index (χ0v) is 18.8. The molecule has 168 valence electrons. The minimum atomic E-state index is -2.03. The molecule has 1 unspecified atom stereocenters. The van der Waals surface area contributed by atoms with Crippen molar-refractivity contribution in [2.45, 2.75) is 83.2 Å². The summed E-state index contributed by atoms with van der Waals surface area (Å²) >= 11 is -2.03. The van der Waals surface area contributed by atoms with Crippen molar-refractivity contribution in [1.29, 1.82) is 0 Å². The molecule has 1 N–H and O–H groups in total. The Morgan fingerprint density at radius 3 is 2.52 bits per heavy atom. The molecule has 0 aromatic carbocycles. The molecular weight excluding hydrogens is 402 g/mol. The van der Waals surface area contributed by atoms with Crippen LogP contribution in [0.2, 0.25) is 0 Å². The van der Waals surface area contributed by atoms with E-state index in [0.717, 1.165) is 6.29 Å². The third kappa shape index (κ3) is 6.21. The summed E-state index contributed by atoms with van der Waals surface area (Å²) in [6.45, 7) is 9.34. The fourth-order valence-electron chi connectivity index (χ4n) is 4.02. The van der Waals surface area contributed by atoms with Gasteiger partial charge >= 0.3 is 6.09 Å². The number of rotatable bonds is 7. The molecule has 0 spiro atoms. The number of nitrogens with zero attached hydrogens (tertiary/aromatic N) is 1. The number of amides is 1. The van der Waals surface area contributed by atoms with Gasteiger partial charge in [-0.2, -0.15) is 0 Å². The summed E-state index contributed by atoms with van der Waals surface area (Å²) in [5.74, 6) is -0.411. The number of aldehydes is 1. The van der Waals surface area contributed by atoms with Gasteiger partial charge in [0.05, 0.1) is 36.7 Å². The van der Waals surface area contributed by atoms with Gasteiger partial charge in [0.25, 0.3) is 0 Å². The Kier molecular flexibility index (Phi) is 7.83. The van der Waals surface area contributed by atoms with E-state index in [1.165, 1.54) is 7.11 Å². The summed E-state index contributed by atoms with van der Waals surface area (Å²) in [5, 5.41) is 0. The normalized spacial score (nSPS) is 32.9. The first-order valence-electron chi connectivity index (χ1n) is 9.75. The van der Waals surface area contributed by atoms with E-state index in [1.54, 1.807) is 39.5 Å². The second kappa shape index (κ2) is 9.38. The first-order chi connectivity index (χ1) is 13.4. The molecule has 2 heterocycles. The number of carbonyl (C=O) groups is 2. The van der Waals surface area contributed by atoms with Crippen LogP contribution in [-0.4, -0.2) is 81.2 Å². The second-order valence-corrected chi connectivity index (χ2v) is 9.96. The highest BCUT2D eigenvalue weighted by atomic mass is 32.2. The summed E-state index contributed by atoms with van der Waals surface area (Å²) in [7, 11) is 1.52. The summed E-state index contributed by atoms with van der Waals surface area (Å²) < 4.78 is 43.8. The molecule has 10 heteroatoms. The molecular formula is C19H33NO8S. The largest absolute Gasteiger partial charge is 0.444 e. The summed E-state index contributed by atoms with van der Waals surface area (Å²) in [6.07, 6.45) is -0.841. The SMILES string of the molecule is CO[C@@H]1[C@@H](CS(=O)O)[C@H](CC=O)O[C@@H]1C[C@H]1CN(C(=O)OC(C)(C)C)C(C)(C)O1. The van der Waals surface area contributed by atoms with E-state index in [2.05, 4.69) is 0 Å². The van der Waals surface area contributed by atoms with Crippen molar-refractivity contribution in [3.63, 3.8) is 0 Å². The van der Waals surface area contributed by atoms with Crippen LogP contribution in [0, 0.1) is 5.92 Å². The first-order valence-corrected chi connectivity index (χ1v) is 11.0. The predicted octanol–water partition coefficient (Wildman–Crippen LogP) is 1.96. The number of methoxy groups -OCH3 is 1. The Bertz CT molecular complexity index is 620. The molecule has 0 bridgehead atoms. The lowest BCUT2D eigenvalue weighted by Crippen LogP contribution is -2.46. The summed E-state index contributed by atoms with van der Waals surface area (Å²) in [5.41, 5.74) is -1.46. The van der Waals surface area contributed by atoms with E-state index in [1.807, 2.05) is 0 Å². The molecule has 2 fully saturated rings. The lowest BCUT2D eigenvalue weighted by molar-refractivity contribution is -0.111. The molecule has 2 saturated heterocycles. The highest BCUT2D eigenvalue weighted by molar-refractivity contribution is 7.79. The number of carbonyl (C=O) groups excluding carboxylic acids is 2. The van der Waals surface area contributed by atoms with Crippen LogP contribution >= 0.6 is 0 Å². The van der Waals surface area contributed by atoms with Crippen LogP contribution in [0.25, 0.3) is 0 Å². The lowest BCUT2D eigenvalue weighted by atomic mass is 9.94. The van der Waals surface area contributed by atoms with Gasteiger partial charge in [0.1, 0.15) is 17.6 Å². The molecule has 6 atom stereocenters. The van der Waals surface area contributed by atoms with E-state index < -0.39 is 46.8 Å². The van der Waals surface area contributed by atoms with Gasteiger partial charge in [-0.3, -0.25) is 4.90 Å². The molecule has 0 saturated carbocycles. The lowest BCUT2D eigenvalue weighted by Gasteiger charge is -2.31. The van der Waals surface area contributed by atoms with Gasteiger partial charge in [0.15, 0.2) is 11.1 Å². The fraction of sp³-hybridized carbons (Fsp3) is 0.895. The van der Waals surface area contributed by atoms with Crippen molar-refractivity contribution in [3.05, 3.63) is 0 Å². The number of ether oxygens (including phenoxy) is 4. The van der Waals surface area contributed by atoms with Crippen molar-refractivity contribution < 1.29 is 37.3 Å². The van der Waals surface area contributed by atoms with Crippen molar-refractivity contribution in [3.8, 4) is 0 Å². The average Bonchev–Trinajstić information content (AvgIpc) is 3.02. The van der Waals surface area contributed by atoms with Gasteiger partial charge < -0.3 is 28.3 Å². The molecule has 1 amide bonds.